The van der Waals surface area contributed by atoms with E-state index in [0.29, 0.717) is 28.9 Å². The van der Waals surface area contributed by atoms with Crippen LogP contribution in [-0.4, -0.2) is 40.8 Å². The van der Waals surface area contributed by atoms with Gasteiger partial charge in [-0.1, -0.05) is 5.21 Å². The summed E-state index contributed by atoms with van der Waals surface area (Å²) in [7, 11) is 0. The number of anilines is 1. The second kappa shape index (κ2) is 6.12. The quantitative estimate of drug-likeness (QED) is 0.887. The van der Waals surface area contributed by atoms with Gasteiger partial charge in [0.15, 0.2) is 17.2 Å². The average Bonchev–Trinajstić information content (AvgIpc) is 3.21. The number of benzene rings is 1. The first-order valence-electron chi connectivity index (χ1n) is 8.06. The van der Waals surface area contributed by atoms with Gasteiger partial charge < -0.3 is 20.1 Å². The van der Waals surface area contributed by atoms with Crippen molar-refractivity contribution in [2.24, 2.45) is 0 Å². The number of piperidine rings is 1. The van der Waals surface area contributed by atoms with Crippen LogP contribution in [0.2, 0.25) is 0 Å². The summed E-state index contributed by atoms with van der Waals surface area (Å²) in [5.74, 6) is 1.04. The number of carbonyl (C=O) groups excluding carboxylic acids is 1. The summed E-state index contributed by atoms with van der Waals surface area (Å²) in [5.41, 5.74) is 1.78. The number of hydrogen-bond donors (Lipinski definition) is 2. The van der Waals surface area contributed by atoms with Gasteiger partial charge in [-0.3, -0.25) is 4.79 Å². The van der Waals surface area contributed by atoms with Crippen molar-refractivity contribution in [2.45, 2.75) is 25.8 Å². The van der Waals surface area contributed by atoms with Crippen molar-refractivity contribution in [3.05, 3.63) is 29.6 Å². The molecule has 3 heterocycles. The molecule has 126 valence electrons. The van der Waals surface area contributed by atoms with Crippen LogP contribution in [0.25, 0.3) is 0 Å². The van der Waals surface area contributed by atoms with Gasteiger partial charge in [-0.05, 0) is 45.0 Å². The maximum absolute atomic E-state index is 12.5. The molecule has 24 heavy (non-hydrogen) atoms. The summed E-state index contributed by atoms with van der Waals surface area (Å²) in [6, 6.07) is 5.59. The third-order valence-electron chi connectivity index (χ3n) is 4.43. The minimum Gasteiger partial charge on any atom is -0.454 e. The topological polar surface area (TPSA) is 90.3 Å². The van der Waals surface area contributed by atoms with Crippen LogP contribution in [0.4, 0.5) is 5.69 Å². The van der Waals surface area contributed by atoms with Gasteiger partial charge in [-0.25, -0.2) is 4.68 Å². The van der Waals surface area contributed by atoms with Crippen molar-refractivity contribution >= 4 is 11.6 Å². The summed E-state index contributed by atoms with van der Waals surface area (Å²) in [4.78, 5) is 12.5. The Morgan fingerprint density at radius 2 is 2.08 bits per heavy atom. The first-order valence-corrected chi connectivity index (χ1v) is 8.06. The van der Waals surface area contributed by atoms with E-state index >= 15 is 0 Å². The Balaban J connectivity index is 1.51. The van der Waals surface area contributed by atoms with Gasteiger partial charge >= 0.3 is 0 Å². The van der Waals surface area contributed by atoms with E-state index in [0.717, 1.165) is 31.6 Å². The van der Waals surface area contributed by atoms with Crippen LogP contribution in [0.3, 0.4) is 0 Å². The van der Waals surface area contributed by atoms with Crippen molar-refractivity contribution in [3.63, 3.8) is 0 Å². The molecular formula is C16H19N5O3. The highest BCUT2D eigenvalue weighted by Crippen LogP contribution is 2.34. The minimum absolute atomic E-state index is 0.205. The van der Waals surface area contributed by atoms with Crippen LogP contribution in [0, 0.1) is 6.92 Å². The average molecular weight is 329 g/mol. The molecule has 8 heteroatoms. The van der Waals surface area contributed by atoms with Crippen LogP contribution in [0.15, 0.2) is 18.2 Å². The first kappa shape index (κ1) is 14.9. The molecule has 8 nitrogen and oxygen atoms in total. The minimum atomic E-state index is -0.272. The SMILES string of the molecule is Cc1c(C(=O)Nc2ccc3c(c2)OCO3)nnn1C1CCNCC1. The van der Waals surface area contributed by atoms with E-state index in [1.165, 1.54) is 0 Å². The molecule has 2 aliphatic rings. The van der Waals surface area contributed by atoms with Crippen molar-refractivity contribution in [1.29, 1.82) is 0 Å². The number of aromatic nitrogens is 3. The fourth-order valence-electron chi connectivity index (χ4n) is 3.11. The molecular weight excluding hydrogens is 310 g/mol. The third kappa shape index (κ3) is 2.69. The first-order chi connectivity index (χ1) is 11.7. The zero-order valence-electron chi connectivity index (χ0n) is 13.4. The van der Waals surface area contributed by atoms with Gasteiger partial charge in [0.05, 0.1) is 11.7 Å². The highest BCUT2D eigenvalue weighted by molar-refractivity contribution is 6.03. The van der Waals surface area contributed by atoms with Crippen molar-refractivity contribution in [3.8, 4) is 11.5 Å². The number of amides is 1. The van der Waals surface area contributed by atoms with E-state index in [2.05, 4.69) is 20.9 Å². The molecule has 2 N–H and O–H groups in total. The lowest BCUT2D eigenvalue weighted by Crippen LogP contribution is -2.30. The molecule has 0 bridgehead atoms. The van der Waals surface area contributed by atoms with Crippen molar-refractivity contribution in [2.75, 3.05) is 25.2 Å². The predicted molar refractivity (Wildman–Crippen MR) is 86.4 cm³/mol. The number of fused-ring (bicyclic) bond motifs is 1. The third-order valence-corrected chi connectivity index (χ3v) is 4.43. The monoisotopic (exact) mass is 329 g/mol. The van der Waals surface area contributed by atoms with Gasteiger partial charge in [0, 0.05) is 11.8 Å². The smallest absolute Gasteiger partial charge is 0.278 e. The summed E-state index contributed by atoms with van der Waals surface area (Å²) >= 11 is 0. The van der Waals surface area contributed by atoms with Crippen LogP contribution < -0.4 is 20.1 Å². The molecule has 2 aliphatic heterocycles. The van der Waals surface area contributed by atoms with Gasteiger partial charge in [0.1, 0.15) is 0 Å². The summed E-state index contributed by atoms with van der Waals surface area (Å²) < 4.78 is 12.5. The molecule has 0 aliphatic carbocycles. The number of hydrogen-bond acceptors (Lipinski definition) is 6. The van der Waals surface area contributed by atoms with Gasteiger partial charge in [0.2, 0.25) is 6.79 Å². The van der Waals surface area contributed by atoms with E-state index in [9.17, 15) is 4.79 Å². The number of carbonyl (C=O) groups is 1. The lowest BCUT2D eigenvalue weighted by Gasteiger charge is -2.23. The molecule has 1 fully saturated rings. The van der Waals surface area contributed by atoms with Crippen LogP contribution >= 0.6 is 0 Å². The van der Waals surface area contributed by atoms with Crippen LogP contribution in [0.1, 0.15) is 35.1 Å². The van der Waals surface area contributed by atoms with E-state index in [1.807, 2.05) is 11.6 Å². The summed E-state index contributed by atoms with van der Waals surface area (Å²) in [6.45, 7) is 4.01. The Morgan fingerprint density at radius 1 is 1.29 bits per heavy atom. The van der Waals surface area contributed by atoms with E-state index in [1.54, 1.807) is 18.2 Å². The van der Waals surface area contributed by atoms with Crippen molar-refractivity contribution < 1.29 is 14.3 Å². The zero-order valence-corrected chi connectivity index (χ0v) is 13.4. The van der Waals surface area contributed by atoms with E-state index in [4.69, 9.17) is 9.47 Å². The Labute approximate surface area is 139 Å². The summed E-state index contributed by atoms with van der Waals surface area (Å²) in [5, 5.41) is 14.4. The fourth-order valence-corrected chi connectivity index (χ4v) is 3.11. The second-order valence-corrected chi connectivity index (χ2v) is 5.97. The van der Waals surface area contributed by atoms with E-state index < -0.39 is 0 Å². The fraction of sp³-hybridized carbons (Fsp3) is 0.438. The Kier molecular flexibility index (Phi) is 3.81. The number of nitrogens with zero attached hydrogens (tertiary/aromatic N) is 3. The maximum Gasteiger partial charge on any atom is 0.278 e. The van der Waals surface area contributed by atoms with Crippen LogP contribution in [-0.2, 0) is 0 Å². The standard InChI is InChI=1S/C16H19N5O3/c1-10-15(19-20-21(10)12-4-6-17-7-5-12)16(22)18-11-2-3-13-14(8-11)24-9-23-13/h2-3,8,12,17H,4-7,9H2,1H3,(H,18,22). The Morgan fingerprint density at radius 3 is 2.92 bits per heavy atom. The molecule has 1 saturated heterocycles. The number of ether oxygens (including phenoxy) is 2. The molecule has 0 spiro atoms. The lowest BCUT2D eigenvalue weighted by atomic mass is 10.1. The molecule has 0 saturated carbocycles. The lowest BCUT2D eigenvalue weighted by molar-refractivity contribution is 0.102. The molecule has 4 rings (SSSR count). The maximum atomic E-state index is 12.5. The highest BCUT2D eigenvalue weighted by Gasteiger charge is 2.23. The molecule has 0 unspecified atom stereocenters. The van der Waals surface area contributed by atoms with E-state index in [-0.39, 0.29) is 12.7 Å². The van der Waals surface area contributed by atoms with Gasteiger partial charge in [-0.2, -0.15) is 0 Å². The van der Waals surface area contributed by atoms with Crippen molar-refractivity contribution in [1.82, 2.24) is 20.3 Å². The number of nitrogens with one attached hydrogen (secondary N) is 2. The highest BCUT2D eigenvalue weighted by atomic mass is 16.7. The van der Waals surface area contributed by atoms with Gasteiger partial charge in [0.25, 0.3) is 5.91 Å². The van der Waals surface area contributed by atoms with Gasteiger partial charge in [-0.15, -0.1) is 5.10 Å². The molecule has 2 aromatic rings. The Hall–Kier alpha value is -2.61. The molecule has 1 aromatic heterocycles. The Bertz CT molecular complexity index is 767. The predicted octanol–water partition coefficient (Wildman–Crippen LogP) is 1.49. The summed E-state index contributed by atoms with van der Waals surface area (Å²) in [6.07, 6.45) is 1.99. The normalized spacial score (nSPS) is 17.0. The molecule has 1 aromatic carbocycles. The largest absolute Gasteiger partial charge is 0.454 e. The molecule has 1 amide bonds. The zero-order chi connectivity index (χ0) is 16.5. The molecule has 0 atom stereocenters. The second-order valence-electron chi connectivity index (χ2n) is 5.97. The molecule has 0 radical (unpaired) electrons. The number of rotatable bonds is 3. The van der Waals surface area contributed by atoms with Crippen LogP contribution in [0.5, 0.6) is 11.5 Å².